The lowest BCUT2D eigenvalue weighted by Gasteiger charge is -2.29. The Kier molecular flexibility index (Phi) is 4.86. The number of rotatable bonds is 4. The van der Waals surface area contributed by atoms with Crippen molar-refractivity contribution in [2.75, 3.05) is 13.2 Å². The molecule has 0 spiro atoms. The molecule has 4 nitrogen and oxygen atoms in total. The Bertz CT molecular complexity index is 998. The molecule has 5 rings (SSSR count). The second kappa shape index (κ2) is 7.65. The molecule has 0 saturated heterocycles. The number of hydrogen-bond donors (Lipinski definition) is 1. The van der Waals surface area contributed by atoms with Gasteiger partial charge >= 0.3 is 6.09 Å². The molecule has 1 aliphatic carbocycles. The van der Waals surface area contributed by atoms with E-state index in [2.05, 4.69) is 53.2 Å². The van der Waals surface area contributed by atoms with Gasteiger partial charge in [-0.3, -0.25) is 0 Å². The van der Waals surface area contributed by atoms with Crippen molar-refractivity contribution in [3.05, 3.63) is 81.5 Å². The van der Waals surface area contributed by atoms with E-state index in [1.54, 1.807) is 11.3 Å². The van der Waals surface area contributed by atoms with Crippen molar-refractivity contribution in [2.45, 2.75) is 31.4 Å². The number of thiophene rings is 1. The van der Waals surface area contributed by atoms with Gasteiger partial charge in [0.2, 0.25) is 0 Å². The Labute approximate surface area is 174 Å². The molecule has 0 unspecified atom stereocenters. The molecule has 148 valence electrons. The smallest absolute Gasteiger partial charge is 0.407 e. The molecule has 2 heterocycles. The predicted octanol–water partition coefficient (Wildman–Crippen LogP) is 5.29. The van der Waals surface area contributed by atoms with Crippen LogP contribution in [0.5, 0.6) is 0 Å². The number of carbonyl (C=O) groups excluding carboxylic acids is 1. The van der Waals surface area contributed by atoms with Crippen molar-refractivity contribution < 1.29 is 14.3 Å². The van der Waals surface area contributed by atoms with E-state index >= 15 is 0 Å². The zero-order chi connectivity index (χ0) is 19.8. The number of hydrogen-bond acceptors (Lipinski definition) is 4. The van der Waals surface area contributed by atoms with Gasteiger partial charge in [0.15, 0.2) is 0 Å². The van der Waals surface area contributed by atoms with Crippen LogP contribution in [0, 0.1) is 0 Å². The first kappa shape index (κ1) is 18.4. The highest BCUT2D eigenvalue weighted by atomic mass is 32.1. The van der Waals surface area contributed by atoms with E-state index in [-0.39, 0.29) is 18.1 Å². The van der Waals surface area contributed by atoms with Gasteiger partial charge in [-0.1, -0.05) is 48.5 Å². The summed E-state index contributed by atoms with van der Waals surface area (Å²) in [6.45, 7) is 2.98. The first-order valence-corrected chi connectivity index (χ1v) is 10.9. The van der Waals surface area contributed by atoms with Gasteiger partial charge in [0.05, 0.1) is 12.6 Å². The highest BCUT2D eigenvalue weighted by molar-refractivity contribution is 7.10. The number of ether oxygens (including phenoxy) is 2. The molecule has 0 radical (unpaired) electrons. The van der Waals surface area contributed by atoms with E-state index in [1.807, 2.05) is 19.1 Å². The highest BCUT2D eigenvalue weighted by Crippen LogP contribution is 2.44. The van der Waals surface area contributed by atoms with Crippen LogP contribution in [0.25, 0.3) is 11.1 Å². The summed E-state index contributed by atoms with van der Waals surface area (Å²) >= 11 is 1.76. The molecule has 1 aliphatic heterocycles. The minimum absolute atomic E-state index is 0.0675. The van der Waals surface area contributed by atoms with Gasteiger partial charge in [0, 0.05) is 17.2 Å². The van der Waals surface area contributed by atoms with Crippen LogP contribution >= 0.6 is 11.3 Å². The fraction of sp³-hybridized carbons (Fsp3) is 0.292. The van der Waals surface area contributed by atoms with Crippen molar-refractivity contribution in [1.82, 2.24) is 5.32 Å². The van der Waals surface area contributed by atoms with Crippen LogP contribution in [0.3, 0.4) is 0 Å². The summed E-state index contributed by atoms with van der Waals surface area (Å²) in [6, 6.07) is 18.6. The average molecular weight is 406 g/mol. The summed E-state index contributed by atoms with van der Waals surface area (Å²) in [5.74, 6) is 0.0675. The van der Waals surface area contributed by atoms with Gasteiger partial charge in [-0.2, -0.15) is 0 Å². The Balaban J connectivity index is 1.26. The molecule has 0 fully saturated rings. The third kappa shape index (κ3) is 3.34. The maximum absolute atomic E-state index is 12.5. The summed E-state index contributed by atoms with van der Waals surface area (Å²) in [4.78, 5) is 13.9. The van der Waals surface area contributed by atoms with Gasteiger partial charge in [0.1, 0.15) is 12.7 Å². The monoisotopic (exact) mass is 405 g/mol. The number of fused-ring (bicyclic) bond motifs is 4. The fourth-order valence-corrected chi connectivity index (χ4v) is 5.39. The number of alkyl carbamates (subject to hydrolysis) is 1. The van der Waals surface area contributed by atoms with Crippen LogP contribution in [0.2, 0.25) is 0 Å². The van der Waals surface area contributed by atoms with Crippen LogP contribution in [-0.4, -0.2) is 25.3 Å². The molecule has 1 amide bonds. The summed E-state index contributed by atoms with van der Waals surface area (Å²) in [7, 11) is 0. The third-order valence-corrected chi connectivity index (χ3v) is 6.85. The normalized spacial score (nSPS) is 18.4. The van der Waals surface area contributed by atoms with E-state index in [0.717, 1.165) is 6.42 Å². The van der Waals surface area contributed by atoms with Gasteiger partial charge in [-0.15, -0.1) is 11.3 Å². The maximum Gasteiger partial charge on any atom is 0.407 e. The molecule has 2 atom stereocenters. The van der Waals surface area contributed by atoms with Crippen molar-refractivity contribution >= 4 is 17.4 Å². The van der Waals surface area contributed by atoms with E-state index in [0.29, 0.717) is 13.2 Å². The SMILES string of the molecule is C[C@H](NC(=O)OCC1c2ccccc2-c2ccccc21)[C@@H]1OCCc2sccc21. The minimum Gasteiger partial charge on any atom is -0.449 e. The molecule has 1 aromatic heterocycles. The lowest BCUT2D eigenvalue weighted by atomic mass is 9.98. The maximum atomic E-state index is 12.5. The van der Waals surface area contributed by atoms with Crippen LogP contribution in [0.4, 0.5) is 4.79 Å². The van der Waals surface area contributed by atoms with Crippen molar-refractivity contribution in [1.29, 1.82) is 0 Å². The summed E-state index contributed by atoms with van der Waals surface area (Å²) in [6.07, 6.45) is 0.428. The summed E-state index contributed by atoms with van der Waals surface area (Å²) in [5.41, 5.74) is 6.07. The largest absolute Gasteiger partial charge is 0.449 e. The Morgan fingerprint density at radius 3 is 2.52 bits per heavy atom. The Hall–Kier alpha value is -2.63. The van der Waals surface area contributed by atoms with Crippen molar-refractivity contribution in [2.24, 2.45) is 0 Å². The standard InChI is InChI=1S/C24H23NO3S/c1-15(23-20-11-13-29-22(20)10-12-27-23)25-24(26)28-14-21-18-8-4-2-6-16(18)17-7-3-5-9-19(17)21/h2-9,11,13,15,21,23H,10,12,14H2,1H3,(H,25,26)/t15-,23-/m0/s1. The minimum atomic E-state index is -0.398. The van der Waals surface area contributed by atoms with E-state index in [4.69, 9.17) is 9.47 Å². The molecule has 5 heteroatoms. The topological polar surface area (TPSA) is 47.6 Å². The van der Waals surface area contributed by atoms with E-state index < -0.39 is 6.09 Å². The van der Waals surface area contributed by atoms with Crippen LogP contribution in [-0.2, 0) is 15.9 Å². The number of nitrogens with one attached hydrogen (secondary N) is 1. The second-order valence-electron chi connectivity index (χ2n) is 7.60. The molecule has 0 saturated carbocycles. The molecule has 29 heavy (non-hydrogen) atoms. The first-order chi connectivity index (χ1) is 14.2. The van der Waals surface area contributed by atoms with Gasteiger partial charge in [-0.05, 0) is 46.2 Å². The molecule has 2 aliphatic rings. The number of benzene rings is 2. The Morgan fingerprint density at radius 1 is 1.10 bits per heavy atom. The van der Waals surface area contributed by atoms with Crippen LogP contribution in [0.1, 0.15) is 40.5 Å². The summed E-state index contributed by atoms with van der Waals surface area (Å²) < 4.78 is 11.6. The lowest BCUT2D eigenvalue weighted by molar-refractivity contribution is 0.0196. The molecule has 0 bridgehead atoms. The summed E-state index contributed by atoms with van der Waals surface area (Å²) in [5, 5.41) is 5.06. The Morgan fingerprint density at radius 2 is 1.79 bits per heavy atom. The molecule has 1 N–H and O–H groups in total. The van der Waals surface area contributed by atoms with E-state index in [1.165, 1.54) is 32.7 Å². The number of carbonyl (C=O) groups is 1. The van der Waals surface area contributed by atoms with Crippen LogP contribution < -0.4 is 5.32 Å². The van der Waals surface area contributed by atoms with Crippen molar-refractivity contribution in [3.63, 3.8) is 0 Å². The fourth-order valence-electron chi connectivity index (χ4n) is 4.49. The quantitative estimate of drug-likeness (QED) is 0.642. The predicted molar refractivity (Wildman–Crippen MR) is 114 cm³/mol. The van der Waals surface area contributed by atoms with Gasteiger partial charge in [0.25, 0.3) is 0 Å². The lowest BCUT2D eigenvalue weighted by Crippen LogP contribution is -2.40. The van der Waals surface area contributed by atoms with Gasteiger partial charge < -0.3 is 14.8 Å². The van der Waals surface area contributed by atoms with Crippen LogP contribution in [0.15, 0.2) is 60.0 Å². The van der Waals surface area contributed by atoms with Crippen molar-refractivity contribution in [3.8, 4) is 11.1 Å². The molecular formula is C24H23NO3S. The molecule has 2 aromatic carbocycles. The van der Waals surface area contributed by atoms with E-state index in [9.17, 15) is 4.79 Å². The average Bonchev–Trinajstić information content (AvgIpc) is 3.35. The first-order valence-electron chi connectivity index (χ1n) is 10.0. The molecular weight excluding hydrogens is 382 g/mol. The zero-order valence-corrected chi connectivity index (χ0v) is 17.1. The molecule has 3 aromatic rings. The zero-order valence-electron chi connectivity index (χ0n) is 16.3. The highest BCUT2D eigenvalue weighted by Gasteiger charge is 2.31. The second-order valence-corrected chi connectivity index (χ2v) is 8.60. The van der Waals surface area contributed by atoms with Gasteiger partial charge in [-0.25, -0.2) is 4.79 Å². The third-order valence-electron chi connectivity index (χ3n) is 5.86. The number of amides is 1.